The number of benzene rings is 1. The third-order valence-electron chi connectivity index (χ3n) is 4.79. The van der Waals surface area contributed by atoms with Crippen LogP contribution in [0.2, 0.25) is 0 Å². The number of para-hydroxylation sites is 1. The molecule has 1 rings (SSSR count). The van der Waals surface area contributed by atoms with Gasteiger partial charge in [-0.25, -0.2) is 4.79 Å². The fourth-order valence-corrected chi connectivity index (χ4v) is 3.04. The molecule has 10 nitrogen and oxygen atoms in total. The molecule has 1 aromatic rings. The van der Waals surface area contributed by atoms with Crippen LogP contribution >= 0.6 is 0 Å². The van der Waals surface area contributed by atoms with Crippen molar-refractivity contribution in [3.05, 3.63) is 29.8 Å². The Labute approximate surface area is 219 Å². The first-order chi connectivity index (χ1) is 17.5. The molecule has 0 radical (unpaired) electrons. The molecule has 1 aromatic carbocycles. The predicted molar refractivity (Wildman–Crippen MR) is 140 cm³/mol. The van der Waals surface area contributed by atoms with Crippen molar-refractivity contribution in [2.45, 2.75) is 97.8 Å². The number of carboxylic acids is 3. The number of nitrogens with one attached hydrogen (secondary N) is 1. The van der Waals surface area contributed by atoms with Crippen LogP contribution in [0.15, 0.2) is 24.3 Å². The molecule has 0 saturated heterocycles. The molecule has 0 fully saturated rings. The van der Waals surface area contributed by atoms with Crippen molar-refractivity contribution in [3.63, 3.8) is 0 Å². The SMILES string of the molecule is CC(=O)O.CC(=O)Oc1ccccc1C(=O)O.CCCCCCCCCCCCNC(=O)CCC(=O)O. The number of hydrogen-bond acceptors (Lipinski definition) is 6. The Morgan fingerprint density at radius 3 is 1.70 bits per heavy atom. The fraction of sp³-hybridized carbons (Fsp3) is 0.593. The van der Waals surface area contributed by atoms with E-state index in [4.69, 9.17) is 20.1 Å². The van der Waals surface area contributed by atoms with Crippen molar-refractivity contribution >= 4 is 29.8 Å². The molecule has 0 bridgehead atoms. The molecule has 0 aliphatic heterocycles. The van der Waals surface area contributed by atoms with Gasteiger partial charge in [0, 0.05) is 26.8 Å². The minimum absolute atomic E-state index is 0.0160. The number of esters is 1. The van der Waals surface area contributed by atoms with E-state index in [2.05, 4.69) is 17.0 Å². The zero-order valence-electron chi connectivity index (χ0n) is 22.3. The molecule has 210 valence electrons. The van der Waals surface area contributed by atoms with Gasteiger partial charge >= 0.3 is 17.9 Å². The van der Waals surface area contributed by atoms with Crippen LogP contribution in [-0.4, -0.2) is 51.6 Å². The fourth-order valence-electron chi connectivity index (χ4n) is 3.04. The van der Waals surface area contributed by atoms with E-state index in [9.17, 15) is 19.2 Å². The predicted octanol–water partition coefficient (Wildman–Crippen LogP) is 5.29. The highest BCUT2D eigenvalue weighted by Gasteiger charge is 2.11. The van der Waals surface area contributed by atoms with E-state index in [-0.39, 0.29) is 30.1 Å². The monoisotopic (exact) mass is 525 g/mol. The summed E-state index contributed by atoms with van der Waals surface area (Å²) in [4.78, 5) is 51.7. The largest absolute Gasteiger partial charge is 0.481 e. The molecule has 37 heavy (non-hydrogen) atoms. The number of aliphatic carboxylic acids is 2. The number of carboxylic acid groups (broad SMARTS) is 3. The second kappa shape index (κ2) is 24.3. The van der Waals surface area contributed by atoms with Crippen molar-refractivity contribution in [2.24, 2.45) is 0 Å². The molecule has 0 atom stereocenters. The van der Waals surface area contributed by atoms with Crippen molar-refractivity contribution in [1.29, 1.82) is 0 Å². The molecule has 0 spiro atoms. The van der Waals surface area contributed by atoms with Gasteiger partial charge in [-0.2, -0.15) is 0 Å². The number of amides is 1. The minimum atomic E-state index is -1.11. The Kier molecular flexibility index (Phi) is 23.4. The van der Waals surface area contributed by atoms with Gasteiger partial charge in [-0.1, -0.05) is 76.8 Å². The van der Waals surface area contributed by atoms with Crippen LogP contribution in [0.3, 0.4) is 0 Å². The molecule has 0 aliphatic carbocycles. The lowest BCUT2D eigenvalue weighted by molar-refractivity contribution is -0.139. The summed E-state index contributed by atoms with van der Waals surface area (Å²) >= 11 is 0. The summed E-state index contributed by atoms with van der Waals surface area (Å²) in [5.74, 6) is -3.48. The smallest absolute Gasteiger partial charge is 0.339 e. The molecule has 0 heterocycles. The first-order valence-corrected chi connectivity index (χ1v) is 12.7. The summed E-state index contributed by atoms with van der Waals surface area (Å²) in [7, 11) is 0. The topological polar surface area (TPSA) is 167 Å². The van der Waals surface area contributed by atoms with Crippen LogP contribution in [0.25, 0.3) is 0 Å². The van der Waals surface area contributed by atoms with Gasteiger partial charge in [0.15, 0.2) is 0 Å². The molecule has 10 heteroatoms. The third-order valence-corrected chi connectivity index (χ3v) is 4.79. The van der Waals surface area contributed by atoms with Crippen molar-refractivity contribution < 1.29 is 44.0 Å². The van der Waals surface area contributed by atoms with Crippen LogP contribution in [0.1, 0.15) is 108 Å². The Hall–Kier alpha value is -3.43. The van der Waals surface area contributed by atoms with Gasteiger partial charge in [0.2, 0.25) is 5.91 Å². The van der Waals surface area contributed by atoms with Crippen LogP contribution in [0.4, 0.5) is 0 Å². The molecule has 1 amide bonds. The average Bonchev–Trinajstić information content (AvgIpc) is 2.81. The maximum Gasteiger partial charge on any atom is 0.339 e. The van der Waals surface area contributed by atoms with Gasteiger partial charge in [-0.05, 0) is 18.6 Å². The number of ether oxygens (including phenoxy) is 1. The van der Waals surface area contributed by atoms with Crippen molar-refractivity contribution in [1.82, 2.24) is 5.32 Å². The second-order valence-corrected chi connectivity index (χ2v) is 8.34. The van der Waals surface area contributed by atoms with E-state index in [0.717, 1.165) is 19.8 Å². The van der Waals surface area contributed by atoms with Crippen molar-refractivity contribution in [3.8, 4) is 5.75 Å². The van der Waals surface area contributed by atoms with E-state index in [1.807, 2.05) is 0 Å². The van der Waals surface area contributed by atoms with Gasteiger partial charge in [0.1, 0.15) is 11.3 Å². The lowest BCUT2D eigenvalue weighted by Gasteiger charge is -2.04. The number of rotatable bonds is 16. The Bertz CT molecular complexity index is 805. The first-order valence-electron chi connectivity index (χ1n) is 12.7. The lowest BCUT2D eigenvalue weighted by atomic mass is 10.1. The van der Waals surface area contributed by atoms with Crippen LogP contribution < -0.4 is 10.1 Å². The number of hydrogen-bond donors (Lipinski definition) is 4. The highest BCUT2D eigenvalue weighted by Crippen LogP contribution is 2.17. The van der Waals surface area contributed by atoms with E-state index in [0.29, 0.717) is 6.54 Å². The Morgan fingerprint density at radius 1 is 0.757 bits per heavy atom. The molecule has 4 N–H and O–H groups in total. The number of unbranched alkanes of at least 4 members (excludes halogenated alkanes) is 9. The van der Waals surface area contributed by atoms with Gasteiger partial charge < -0.3 is 25.4 Å². The highest BCUT2D eigenvalue weighted by atomic mass is 16.5. The summed E-state index contributed by atoms with van der Waals surface area (Å²) in [5.41, 5.74) is -0.0160. The first kappa shape index (κ1) is 35.7. The van der Waals surface area contributed by atoms with Gasteiger partial charge in [0.05, 0.1) is 6.42 Å². The molecular formula is C27H43NO9. The number of carbonyl (C=O) groups excluding carboxylic acids is 2. The van der Waals surface area contributed by atoms with E-state index < -0.39 is 23.9 Å². The quantitative estimate of drug-likeness (QED) is 0.127. The van der Waals surface area contributed by atoms with E-state index >= 15 is 0 Å². The highest BCUT2D eigenvalue weighted by molar-refractivity contribution is 5.91. The van der Waals surface area contributed by atoms with Crippen molar-refractivity contribution in [2.75, 3.05) is 6.54 Å². The summed E-state index contributed by atoms with van der Waals surface area (Å²) in [6.07, 6.45) is 12.8. The molecule has 0 unspecified atom stereocenters. The van der Waals surface area contributed by atoms with E-state index in [1.54, 1.807) is 12.1 Å². The summed E-state index contributed by atoms with van der Waals surface area (Å²) in [5, 5.41) is 27.3. The molecular weight excluding hydrogens is 482 g/mol. The number of carbonyl (C=O) groups is 5. The Morgan fingerprint density at radius 2 is 1.24 bits per heavy atom. The standard InChI is InChI=1S/C16H31NO3.C9H8O4.C2H4O2/c1-2-3-4-5-6-7-8-9-10-11-14-17-15(18)12-13-16(19)20;1-6(10)13-8-5-3-2-4-7(8)9(11)12;1-2(3)4/h2-14H2,1H3,(H,17,18)(H,19,20);2-5H,1H3,(H,11,12);1H3,(H,3,4). The molecule has 0 aliphatic rings. The summed E-state index contributed by atoms with van der Waals surface area (Å²) < 4.78 is 4.69. The third kappa shape index (κ3) is 27.0. The van der Waals surface area contributed by atoms with Gasteiger partial charge in [0.25, 0.3) is 5.97 Å². The van der Waals surface area contributed by atoms with Crippen LogP contribution in [-0.2, 0) is 19.2 Å². The van der Waals surface area contributed by atoms with Crippen LogP contribution in [0.5, 0.6) is 5.75 Å². The number of aromatic carboxylic acids is 1. The van der Waals surface area contributed by atoms with Gasteiger partial charge in [-0.15, -0.1) is 0 Å². The van der Waals surface area contributed by atoms with E-state index in [1.165, 1.54) is 70.4 Å². The zero-order chi connectivity index (χ0) is 28.5. The lowest BCUT2D eigenvalue weighted by Crippen LogP contribution is -2.24. The summed E-state index contributed by atoms with van der Waals surface area (Å²) in [6, 6.07) is 5.98. The second-order valence-electron chi connectivity index (χ2n) is 8.34. The molecule has 0 aromatic heterocycles. The van der Waals surface area contributed by atoms with Gasteiger partial charge in [-0.3, -0.25) is 19.2 Å². The maximum atomic E-state index is 11.2. The Balaban J connectivity index is 0. The van der Waals surface area contributed by atoms with Crippen LogP contribution in [0, 0.1) is 0 Å². The summed E-state index contributed by atoms with van der Waals surface area (Å²) in [6.45, 7) is 5.22. The minimum Gasteiger partial charge on any atom is -0.481 e. The molecule has 0 saturated carbocycles. The zero-order valence-corrected chi connectivity index (χ0v) is 22.3. The normalized spacial score (nSPS) is 9.59. The average molecular weight is 526 g/mol. The maximum absolute atomic E-state index is 11.2.